The second-order valence-corrected chi connectivity index (χ2v) is 4.67. The molecule has 0 saturated carbocycles. The van der Waals surface area contributed by atoms with Crippen LogP contribution in [0.1, 0.15) is 39.3 Å². The molecular formula is C13H18N2O5. The molecule has 7 nitrogen and oxygen atoms in total. The Labute approximate surface area is 115 Å². The van der Waals surface area contributed by atoms with Crippen LogP contribution in [0.3, 0.4) is 0 Å². The third kappa shape index (κ3) is 2.98. The van der Waals surface area contributed by atoms with Gasteiger partial charge in [0.2, 0.25) is 0 Å². The Morgan fingerprint density at radius 1 is 1.50 bits per heavy atom. The first-order valence-corrected chi connectivity index (χ1v) is 6.71. The van der Waals surface area contributed by atoms with Crippen molar-refractivity contribution in [3.05, 3.63) is 33.1 Å². The Morgan fingerprint density at radius 2 is 2.25 bits per heavy atom. The molecule has 2 rings (SSSR count). The molecule has 1 fully saturated rings. The van der Waals surface area contributed by atoms with Gasteiger partial charge in [-0.05, 0) is 6.42 Å². The van der Waals surface area contributed by atoms with Crippen molar-refractivity contribution in [2.24, 2.45) is 0 Å². The summed E-state index contributed by atoms with van der Waals surface area (Å²) in [6, 6.07) is 1.26. The molecule has 110 valence electrons. The minimum Gasteiger partial charge on any atom is -0.459 e. The predicted octanol–water partition coefficient (Wildman–Crippen LogP) is 0.556. The third-order valence-electron chi connectivity index (χ3n) is 3.32. The van der Waals surface area contributed by atoms with Gasteiger partial charge in [0.1, 0.15) is 12.3 Å². The molecule has 3 atom stereocenters. The quantitative estimate of drug-likeness (QED) is 0.815. The Balaban J connectivity index is 2.17. The highest BCUT2D eigenvalue weighted by molar-refractivity contribution is 5.69. The molecule has 1 aliphatic heterocycles. The van der Waals surface area contributed by atoms with Gasteiger partial charge < -0.3 is 9.47 Å². The van der Waals surface area contributed by atoms with Gasteiger partial charge in [-0.25, -0.2) is 4.79 Å². The van der Waals surface area contributed by atoms with E-state index < -0.39 is 17.5 Å². The number of ether oxygens (including phenoxy) is 2. The van der Waals surface area contributed by atoms with Crippen molar-refractivity contribution >= 4 is 5.97 Å². The first kappa shape index (κ1) is 14.5. The normalized spacial score (nSPS) is 25.6. The number of aromatic nitrogens is 2. The maximum atomic E-state index is 11.7. The summed E-state index contributed by atoms with van der Waals surface area (Å²) in [5, 5.41) is 0. The smallest absolute Gasteiger partial charge is 0.330 e. The minimum atomic E-state index is -0.529. The van der Waals surface area contributed by atoms with E-state index in [9.17, 15) is 14.4 Å². The number of rotatable bonds is 4. The standard InChI is InChI=1S/C13H18N2O5/c1-3-8-9(20-12(17)4-2)7-11(19-8)15-6-5-10(16)14-13(15)18/h5-6,8-9,11H,3-4,7H2,1-2H3,(H,14,16,18)/t8-,9?,11-/m1/s1. The zero-order chi connectivity index (χ0) is 14.7. The second-order valence-electron chi connectivity index (χ2n) is 4.67. The number of esters is 1. The van der Waals surface area contributed by atoms with Gasteiger partial charge in [-0.3, -0.25) is 19.1 Å². The van der Waals surface area contributed by atoms with Crippen LogP contribution in [0, 0.1) is 0 Å². The molecule has 0 radical (unpaired) electrons. The van der Waals surface area contributed by atoms with Crippen LogP contribution in [0.2, 0.25) is 0 Å². The highest BCUT2D eigenvalue weighted by Gasteiger charge is 2.37. The Morgan fingerprint density at radius 3 is 2.85 bits per heavy atom. The van der Waals surface area contributed by atoms with Gasteiger partial charge in [-0.1, -0.05) is 13.8 Å². The Kier molecular flexibility index (Phi) is 4.39. The van der Waals surface area contributed by atoms with E-state index in [0.29, 0.717) is 19.3 Å². The van der Waals surface area contributed by atoms with E-state index in [1.165, 1.54) is 16.8 Å². The van der Waals surface area contributed by atoms with Crippen molar-refractivity contribution in [2.45, 2.75) is 51.5 Å². The van der Waals surface area contributed by atoms with Crippen molar-refractivity contribution in [1.82, 2.24) is 9.55 Å². The molecule has 7 heteroatoms. The number of nitrogens with zero attached hydrogens (tertiary/aromatic N) is 1. The van der Waals surface area contributed by atoms with E-state index >= 15 is 0 Å². The van der Waals surface area contributed by atoms with Crippen molar-refractivity contribution in [3.63, 3.8) is 0 Å². The molecule has 2 heterocycles. The molecule has 0 aromatic carbocycles. The molecule has 0 bridgehead atoms. The SMILES string of the molecule is CCC(=O)OC1C[C@H](n2ccc(=O)[nH]c2=O)O[C@@H]1CC. The van der Waals surface area contributed by atoms with E-state index in [1.54, 1.807) is 6.92 Å². The number of H-pyrrole nitrogens is 1. The number of carbonyl (C=O) groups is 1. The summed E-state index contributed by atoms with van der Waals surface area (Å²) < 4.78 is 12.4. The van der Waals surface area contributed by atoms with Gasteiger partial charge in [-0.2, -0.15) is 0 Å². The molecule has 0 amide bonds. The fraction of sp³-hybridized carbons (Fsp3) is 0.615. The van der Waals surface area contributed by atoms with E-state index in [0.717, 1.165) is 0 Å². The summed E-state index contributed by atoms with van der Waals surface area (Å²) in [7, 11) is 0. The zero-order valence-corrected chi connectivity index (χ0v) is 11.5. The lowest BCUT2D eigenvalue weighted by molar-refractivity contribution is -0.151. The number of aromatic amines is 1. The van der Waals surface area contributed by atoms with Crippen molar-refractivity contribution in [2.75, 3.05) is 0 Å². The monoisotopic (exact) mass is 282 g/mol. The number of carbonyl (C=O) groups excluding carboxylic acids is 1. The molecule has 0 spiro atoms. The molecular weight excluding hydrogens is 264 g/mol. The van der Waals surface area contributed by atoms with Crippen molar-refractivity contribution in [1.29, 1.82) is 0 Å². The van der Waals surface area contributed by atoms with Crippen LogP contribution < -0.4 is 11.2 Å². The van der Waals surface area contributed by atoms with E-state index in [2.05, 4.69) is 4.98 Å². The van der Waals surface area contributed by atoms with Gasteiger partial charge >= 0.3 is 11.7 Å². The summed E-state index contributed by atoms with van der Waals surface area (Å²) in [5.41, 5.74) is -0.981. The Bertz CT molecular complexity index is 591. The molecule has 20 heavy (non-hydrogen) atoms. The van der Waals surface area contributed by atoms with Gasteiger partial charge in [-0.15, -0.1) is 0 Å². The van der Waals surface area contributed by atoms with Crippen LogP contribution in [-0.2, 0) is 14.3 Å². The summed E-state index contributed by atoms with van der Waals surface area (Å²) in [6.45, 7) is 3.65. The fourth-order valence-electron chi connectivity index (χ4n) is 2.26. The van der Waals surface area contributed by atoms with Crippen LogP contribution >= 0.6 is 0 Å². The predicted molar refractivity (Wildman–Crippen MR) is 70.3 cm³/mol. The van der Waals surface area contributed by atoms with Crippen molar-refractivity contribution < 1.29 is 14.3 Å². The highest BCUT2D eigenvalue weighted by Crippen LogP contribution is 2.31. The van der Waals surface area contributed by atoms with Crippen LogP contribution in [0.25, 0.3) is 0 Å². The molecule has 0 aliphatic carbocycles. The topological polar surface area (TPSA) is 90.4 Å². The number of hydrogen-bond donors (Lipinski definition) is 1. The summed E-state index contributed by atoms with van der Waals surface area (Å²) in [6.07, 6.45) is 1.63. The first-order valence-electron chi connectivity index (χ1n) is 6.71. The molecule has 1 unspecified atom stereocenters. The first-order chi connectivity index (χ1) is 9.55. The van der Waals surface area contributed by atoms with Crippen LogP contribution in [0.15, 0.2) is 21.9 Å². The van der Waals surface area contributed by atoms with Crippen LogP contribution in [-0.4, -0.2) is 27.7 Å². The molecule has 1 N–H and O–H groups in total. The summed E-state index contributed by atoms with van der Waals surface area (Å²) in [5.74, 6) is -0.286. The van der Waals surface area contributed by atoms with E-state index in [1.807, 2.05) is 6.92 Å². The molecule has 1 aliphatic rings. The average molecular weight is 282 g/mol. The summed E-state index contributed by atoms with van der Waals surface area (Å²) >= 11 is 0. The maximum absolute atomic E-state index is 11.7. The minimum absolute atomic E-state index is 0.241. The van der Waals surface area contributed by atoms with E-state index in [4.69, 9.17) is 9.47 Å². The molecule has 1 aromatic rings. The molecule has 1 aromatic heterocycles. The lowest BCUT2D eigenvalue weighted by Crippen LogP contribution is -2.31. The van der Waals surface area contributed by atoms with Gasteiger partial charge in [0.25, 0.3) is 5.56 Å². The fourth-order valence-corrected chi connectivity index (χ4v) is 2.26. The van der Waals surface area contributed by atoms with Gasteiger partial charge in [0, 0.05) is 25.1 Å². The van der Waals surface area contributed by atoms with Crippen LogP contribution in [0.4, 0.5) is 0 Å². The lowest BCUT2D eigenvalue weighted by atomic mass is 10.1. The zero-order valence-electron chi connectivity index (χ0n) is 11.5. The number of nitrogens with one attached hydrogen (secondary N) is 1. The maximum Gasteiger partial charge on any atom is 0.330 e. The summed E-state index contributed by atoms with van der Waals surface area (Å²) in [4.78, 5) is 36.3. The van der Waals surface area contributed by atoms with E-state index in [-0.39, 0.29) is 18.2 Å². The largest absolute Gasteiger partial charge is 0.459 e. The average Bonchev–Trinajstić information content (AvgIpc) is 2.81. The molecule has 1 saturated heterocycles. The second kappa shape index (κ2) is 6.04. The van der Waals surface area contributed by atoms with Crippen LogP contribution in [0.5, 0.6) is 0 Å². The Hall–Kier alpha value is -1.89. The lowest BCUT2D eigenvalue weighted by Gasteiger charge is -2.16. The highest BCUT2D eigenvalue weighted by atomic mass is 16.6. The number of hydrogen-bond acceptors (Lipinski definition) is 5. The van der Waals surface area contributed by atoms with Gasteiger partial charge in [0.15, 0.2) is 0 Å². The van der Waals surface area contributed by atoms with Crippen molar-refractivity contribution in [3.8, 4) is 0 Å². The van der Waals surface area contributed by atoms with Gasteiger partial charge in [0.05, 0.1) is 6.10 Å². The third-order valence-corrected chi connectivity index (χ3v) is 3.32.